The molecule has 3 rings (SSSR count). The highest BCUT2D eigenvalue weighted by Crippen LogP contribution is 2.22. The van der Waals surface area contributed by atoms with Gasteiger partial charge in [-0.05, 0) is 54.6 Å². The van der Waals surface area contributed by atoms with Crippen molar-refractivity contribution >= 4 is 15.9 Å². The van der Waals surface area contributed by atoms with E-state index in [4.69, 9.17) is 11.2 Å². The minimum atomic E-state index is -3.88. The number of carbonyl (C=O) groups excluding carboxylic acids is 1. The highest BCUT2D eigenvalue weighted by Gasteiger charge is 2.19. The molecule has 0 saturated carbocycles. The van der Waals surface area contributed by atoms with Crippen LogP contribution in [0.1, 0.15) is 10.4 Å². The van der Waals surface area contributed by atoms with Crippen LogP contribution in [0.4, 0.5) is 0 Å². The number of benzene rings is 2. The van der Waals surface area contributed by atoms with Gasteiger partial charge in [-0.1, -0.05) is 5.92 Å². The van der Waals surface area contributed by atoms with Crippen LogP contribution in [0.15, 0.2) is 65.7 Å². The molecule has 0 aliphatic rings. The van der Waals surface area contributed by atoms with Gasteiger partial charge in [-0.3, -0.25) is 4.79 Å². The molecule has 8 heteroatoms. The number of carbonyl (C=O) groups is 1. The summed E-state index contributed by atoms with van der Waals surface area (Å²) in [6.07, 6.45) is 6.48. The van der Waals surface area contributed by atoms with E-state index in [0.29, 0.717) is 17.0 Å². The molecule has 0 atom stereocenters. The van der Waals surface area contributed by atoms with E-state index in [9.17, 15) is 13.2 Å². The minimum Gasteiger partial charge on any atom is -0.497 e. The van der Waals surface area contributed by atoms with E-state index in [-0.39, 0.29) is 17.3 Å². The Morgan fingerprint density at radius 3 is 2.43 bits per heavy atom. The Kier molecular flexibility index (Phi) is 5.47. The van der Waals surface area contributed by atoms with Crippen LogP contribution in [-0.2, 0) is 10.0 Å². The molecule has 142 valence electrons. The third-order valence-electron chi connectivity index (χ3n) is 3.96. The molecule has 0 saturated heterocycles. The molecule has 28 heavy (non-hydrogen) atoms. The van der Waals surface area contributed by atoms with Gasteiger partial charge in [0.25, 0.3) is 15.9 Å². The van der Waals surface area contributed by atoms with Gasteiger partial charge in [-0.15, -0.1) is 6.42 Å². The van der Waals surface area contributed by atoms with Crippen LogP contribution in [0.3, 0.4) is 0 Å². The quantitative estimate of drug-likeness (QED) is 0.646. The third-order valence-corrected chi connectivity index (χ3v) is 5.53. The molecule has 7 nitrogen and oxygen atoms in total. The van der Waals surface area contributed by atoms with Crippen LogP contribution in [0.2, 0.25) is 0 Å². The fourth-order valence-corrected chi connectivity index (χ4v) is 3.59. The van der Waals surface area contributed by atoms with Crippen molar-refractivity contribution < 1.29 is 17.9 Å². The number of terminal acetylenes is 1. The van der Waals surface area contributed by atoms with E-state index in [1.165, 1.54) is 30.5 Å². The fourth-order valence-electron chi connectivity index (χ4n) is 2.48. The Hall–Kier alpha value is -3.57. The van der Waals surface area contributed by atoms with Crippen molar-refractivity contribution in [3.05, 3.63) is 66.4 Å². The number of hydrogen-bond donors (Lipinski definition) is 1. The number of nitrogens with one attached hydrogen (secondary N) is 1. The molecule has 0 radical (unpaired) electrons. The summed E-state index contributed by atoms with van der Waals surface area (Å²) >= 11 is 0. The molecule has 1 N–H and O–H groups in total. The average molecular weight is 395 g/mol. The predicted octanol–water partition coefficient (Wildman–Crippen LogP) is 2.16. The highest BCUT2D eigenvalue weighted by atomic mass is 32.2. The second-order valence-electron chi connectivity index (χ2n) is 5.72. The number of aromatic nitrogens is 2. The fraction of sp³-hybridized carbons (Fsp3) is 0.100. The van der Waals surface area contributed by atoms with Gasteiger partial charge in [-0.25, -0.2) is 0 Å². The Bertz CT molecular complexity index is 1130. The minimum absolute atomic E-state index is 0.0189. The summed E-state index contributed by atoms with van der Waals surface area (Å²) < 4.78 is 31.6. The van der Waals surface area contributed by atoms with Crippen molar-refractivity contribution in [3.8, 4) is 29.4 Å². The second kappa shape index (κ2) is 7.98. The largest absolute Gasteiger partial charge is 0.497 e. The average Bonchev–Trinajstić information content (AvgIpc) is 3.23. The maximum absolute atomic E-state index is 12.8. The Morgan fingerprint density at radius 1 is 1.14 bits per heavy atom. The number of methoxy groups -OCH3 is 1. The van der Waals surface area contributed by atoms with Crippen molar-refractivity contribution in [1.29, 1.82) is 0 Å². The van der Waals surface area contributed by atoms with Gasteiger partial charge < -0.3 is 10.1 Å². The van der Waals surface area contributed by atoms with E-state index in [1.807, 2.05) is 0 Å². The molecule has 0 spiro atoms. The maximum atomic E-state index is 12.8. The summed E-state index contributed by atoms with van der Waals surface area (Å²) in [5, 5.41) is 6.69. The van der Waals surface area contributed by atoms with Gasteiger partial charge in [0.1, 0.15) is 5.75 Å². The smallest absolute Gasteiger partial charge is 0.282 e. The van der Waals surface area contributed by atoms with E-state index >= 15 is 0 Å². The molecule has 3 aromatic rings. The van der Waals surface area contributed by atoms with Crippen molar-refractivity contribution in [1.82, 2.24) is 14.5 Å². The van der Waals surface area contributed by atoms with E-state index in [0.717, 1.165) is 9.65 Å². The third kappa shape index (κ3) is 3.89. The first-order valence-electron chi connectivity index (χ1n) is 8.23. The molecular formula is C20H17N3O4S. The first-order valence-corrected chi connectivity index (χ1v) is 9.67. The Labute approximate surface area is 163 Å². The summed E-state index contributed by atoms with van der Waals surface area (Å²) in [4.78, 5) is 11.9. The number of hydrogen-bond acceptors (Lipinski definition) is 5. The van der Waals surface area contributed by atoms with Crippen molar-refractivity contribution in [2.24, 2.45) is 0 Å². The molecule has 0 aliphatic heterocycles. The summed E-state index contributed by atoms with van der Waals surface area (Å²) in [6, 6.07) is 14.3. The zero-order valence-electron chi connectivity index (χ0n) is 15.0. The van der Waals surface area contributed by atoms with Crippen LogP contribution in [0.25, 0.3) is 11.3 Å². The lowest BCUT2D eigenvalue weighted by molar-refractivity contribution is 0.0958. The van der Waals surface area contributed by atoms with Crippen LogP contribution >= 0.6 is 0 Å². The highest BCUT2D eigenvalue weighted by molar-refractivity contribution is 7.89. The lowest BCUT2D eigenvalue weighted by Crippen LogP contribution is -2.23. The zero-order chi connectivity index (χ0) is 20.1. The topological polar surface area (TPSA) is 90.3 Å². The summed E-state index contributed by atoms with van der Waals surface area (Å²) in [7, 11) is -2.31. The lowest BCUT2D eigenvalue weighted by atomic mass is 10.1. The number of ether oxygens (including phenoxy) is 1. The van der Waals surface area contributed by atoms with Crippen molar-refractivity contribution in [2.75, 3.05) is 13.7 Å². The SMILES string of the molecule is C#CCNC(=O)c1ccc(S(=O)(=O)n2ccc(-c3ccc(OC)cc3)n2)cc1. The number of nitrogens with zero attached hydrogens (tertiary/aromatic N) is 2. The van der Waals surface area contributed by atoms with E-state index in [1.54, 1.807) is 37.4 Å². The van der Waals surface area contributed by atoms with E-state index in [2.05, 4.69) is 16.3 Å². The normalized spacial score (nSPS) is 10.9. The lowest BCUT2D eigenvalue weighted by Gasteiger charge is -2.06. The monoisotopic (exact) mass is 395 g/mol. The molecule has 1 aromatic heterocycles. The first kappa shape index (κ1) is 19.2. The van der Waals surface area contributed by atoms with Crippen LogP contribution in [0.5, 0.6) is 5.75 Å². The van der Waals surface area contributed by atoms with Crippen molar-refractivity contribution in [3.63, 3.8) is 0 Å². The van der Waals surface area contributed by atoms with Crippen LogP contribution < -0.4 is 10.1 Å². The van der Waals surface area contributed by atoms with Gasteiger partial charge in [0.2, 0.25) is 0 Å². The molecule has 0 fully saturated rings. The number of amides is 1. The first-order chi connectivity index (χ1) is 13.5. The Balaban J connectivity index is 1.84. The second-order valence-corrected chi connectivity index (χ2v) is 7.51. The maximum Gasteiger partial charge on any atom is 0.282 e. The molecule has 0 unspecified atom stereocenters. The van der Waals surface area contributed by atoms with Gasteiger partial charge in [-0.2, -0.15) is 17.6 Å². The molecule has 1 amide bonds. The zero-order valence-corrected chi connectivity index (χ0v) is 15.8. The summed E-state index contributed by atoms with van der Waals surface area (Å²) in [5.74, 6) is 2.63. The van der Waals surface area contributed by atoms with E-state index < -0.39 is 10.0 Å². The van der Waals surface area contributed by atoms with Gasteiger partial charge in [0.15, 0.2) is 0 Å². The van der Waals surface area contributed by atoms with Gasteiger partial charge >= 0.3 is 0 Å². The van der Waals surface area contributed by atoms with Crippen LogP contribution in [-0.4, -0.2) is 37.2 Å². The summed E-state index contributed by atoms with van der Waals surface area (Å²) in [6.45, 7) is 0.0975. The van der Waals surface area contributed by atoms with Crippen molar-refractivity contribution in [2.45, 2.75) is 4.90 Å². The summed E-state index contributed by atoms with van der Waals surface area (Å²) in [5.41, 5.74) is 1.58. The molecule has 0 aliphatic carbocycles. The number of rotatable bonds is 6. The van der Waals surface area contributed by atoms with Crippen LogP contribution in [0, 0.1) is 12.3 Å². The molecule has 1 heterocycles. The Morgan fingerprint density at radius 2 is 1.82 bits per heavy atom. The van der Waals surface area contributed by atoms with Gasteiger partial charge in [0.05, 0.1) is 24.2 Å². The molecule has 0 bridgehead atoms. The standard InChI is InChI=1S/C20H17N3O4S/c1-3-13-21-20(24)16-6-10-18(11-7-16)28(25,26)23-14-12-19(22-23)15-4-8-17(27-2)9-5-15/h1,4-12,14H,13H2,2H3,(H,21,24). The van der Waals surface area contributed by atoms with Gasteiger partial charge in [0, 0.05) is 17.3 Å². The predicted molar refractivity (Wildman–Crippen MR) is 104 cm³/mol. The molecule has 2 aromatic carbocycles. The molecular weight excluding hydrogens is 378 g/mol.